The highest BCUT2D eigenvalue weighted by Gasteiger charge is 2.28. The van der Waals surface area contributed by atoms with E-state index >= 15 is 0 Å². The average molecular weight is 237 g/mol. The normalized spacial score (nSPS) is 19.6. The van der Waals surface area contributed by atoms with E-state index in [-0.39, 0.29) is 24.2 Å². The van der Waals surface area contributed by atoms with Crippen LogP contribution in [-0.4, -0.2) is 19.0 Å². The number of rotatable bonds is 3. The van der Waals surface area contributed by atoms with Gasteiger partial charge in [-0.3, -0.25) is 4.79 Å². The number of carbonyl (C=O) groups is 1. The van der Waals surface area contributed by atoms with Crippen LogP contribution in [0.2, 0.25) is 0 Å². The first-order chi connectivity index (χ1) is 8.13. The van der Waals surface area contributed by atoms with Crippen molar-refractivity contribution in [3.8, 4) is 0 Å². The van der Waals surface area contributed by atoms with Crippen LogP contribution in [0.25, 0.3) is 0 Å². The Bertz CT molecular complexity index is 436. The molecule has 1 saturated heterocycles. The Balaban J connectivity index is 2.24. The lowest BCUT2D eigenvalue weighted by Gasteiger charge is -2.21. The highest BCUT2D eigenvalue weighted by atomic mass is 19.1. The standard InChI is InChI=1S/C12H16FN3O/c13-10-2-1-3-11(9(10)6-14)16-5-4-8(7-16)12(15)17/h1-3,8H,4-7,14H2,(H2,15,17). The van der Waals surface area contributed by atoms with Crippen molar-refractivity contribution < 1.29 is 9.18 Å². The van der Waals surface area contributed by atoms with Crippen LogP contribution in [0.3, 0.4) is 0 Å². The van der Waals surface area contributed by atoms with Crippen LogP contribution in [0.4, 0.5) is 10.1 Å². The van der Waals surface area contributed by atoms with Gasteiger partial charge in [0.15, 0.2) is 0 Å². The molecule has 0 aromatic heterocycles. The van der Waals surface area contributed by atoms with E-state index in [1.165, 1.54) is 6.07 Å². The number of carbonyl (C=O) groups excluding carboxylic acids is 1. The molecule has 2 rings (SSSR count). The molecule has 0 radical (unpaired) electrons. The Kier molecular flexibility index (Phi) is 3.28. The maximum atomic E-state index is 13.6. The Morgan fingerprint density at radius 1 is 1.53 bits per heavy atom. The van der Waals surface area contributed by atoms with Gasteiger partial charge < -0.3 is 16.4 Å². The molecule has 1 aliphatic rings. The van der Waals surface area contributed by atoms with Crippen LogP contribution in [0, 0.1) is 11.7 Å². The van der Waals surface area contributed by atoms with Crippen LogP contribution < -0.4 is 16.4 Å². The van der Waals surface area contributed by atoms with E-state index in [0.29, 0.717) is 18.7 Å². The summed E-state index contributed by atoms with van der Waals surface area (Å²) in [5.41, 5.74) is 12.1. The molecule has 4 N–H and O–H groups in total. The Morgan fingerprint density at radius 3 is 2.88 bits per heavy atom. The zero-order valence-corrected chi connectivity index (χ0v) is 9.53. The average Bonchev–Trinajstić information content (AvgIpc) is 2.77. The number of amides is 1. The molecule has 0 spiro atoms. The second kappa shape index (κ2) is 4.71. The summed E-state index contributed by atoms with van der Waals surface area (Å²) in [7, 11) is 0. The van der Waals surface area contributed by atoms with Crippen LogP contribution in [-0.2, 0) is 11.3 Å². The summed E-state index contributed by atoms with van der Waals surface area (Å²) in [6.45, 7) is 1.41. The lowest BCUT2D eigenvalue weighted by atomic mass is 10.1. The molecule has 1 aliphatic heterocycles. The summed E-state index contributed by atoms with van der Waals surface area (Å²) < 4.78 is 13.6. The summed E-state index contributed by atoms with van der Waals surface area (Å²) in [4.78, 5) is 13.1. The van der Waals surface area contributed by atoms with Crippen molar-refractivity contribution in [1.82, 2.24) is 0 Å². The number of hydrogen-bond donors (Lipinski definition) is 2. The summed E-state index contributed by atoms with van der Waals surface area (Å²) >= 11 is 0. The lowest BCUT2D eigenvalue weighted by molar-refractivity contribution is -0.121. The molecule has 1 atom stereocenters. The molecule has 1 fully saturated rings. The first kappa shape index (κ1) is 11.9. The smallest absolute Gasteiger partial charge is 0.222 e. The van der Waals surface area contributed by atoms with Crippen molar-refractivity contribution in [2.45, 2.75) is 13.0 Å². The minimum absolute atomic E-state index is 0.149. The molecule has 17 heavy (non-hydrogen) atoms. The van der Waals surface area contributed by atoms with Crippen molar-refractivity contribution in [3.63, 3.8) is 0 Å². The first-order valence-corrected chi connectivity index (χ1v) is 5.65. The van der Waals surface area contributed by atoms with E-state index in [1.54, 1.807) is 6.07 Å². The van der Waals surface area contributed by atoms with Crippen LogP contribution >= 0.6 is 0 Å². The second-order valence-electron chi connectivity index (χ2n) is 4.28. The van der Waals surface area contributed by atoms with Crippen molar-refractivity contribution in [1.29, 1.82) is 0 Å². The lowest BCUT2D eigenvalue weighted by Crippen LogP contribution is -2.28. The largest absolute Gasteiger partial charge is 0.370 e. The SMILES string of the molecule is NCc1c(F)cccc1N1CCC(C(N)=O)C1. The van der Waals surface area contributed by atoms with Crippen molar-refractivity contribution in [2.24, 2.45) is 17.4 Å². The summed E-state index contributed by atoms with van der Waals surface area (Å²) in [6, 6.07) is 4.88. The van der Waals surface area contributed by atoms with Gasteiger partial charge in [0.1, 0.15) is 5.82 Å². The van der Waals surface area contributed by atoms with E-state index < -0.39 is 0 Å². The minimum Gasteiger partial charge on any atom is -0.370 e. The number of nitrogens with zero attached hydrogens (tertiary/aromatic N) is 1. The molecule has 0 saturated carbocycles. The van der Waals surface area contributed by atoms with Gasteiger partial charge in [-0.15, -0.1) is 0 Å². The summed E-state index contributed by atoms with van der Waals surface area (Å²) in [5.74, 6) is -0.741. The van der Waals surface area contributed by atoms with E-state index in [9.17, 15) is 9.18 Å². The topological polar surface area (TPSA) is 72.3 Å². The van der Waals surface area contributed by atoms with Gasteiger partial charge in [0.25, 0.3) is 0 Å². The molecule has 0 aliphatic carbocycles. The van der Waals surface area contributed by atoms with Gasteiger partial charge in [-0.05, 0) is 18.6 Å². The first-order valence-electron chi connectivity index (χ1n) is 5.65. The minimum atomic E-state index is -0.299. The van der Waals surface area contributed by atoms with Crippen LogP contribution in [0.15, 0.2) is 18.2 Å². The van der Waals surface area contributed by atoms with E-state index in [2.05, 4.69) is 0 Å². The van der Waals surface area contributed by atoms with Gasteiger partial charge in [-0.25, -0.2) is 4.39 Å². The predicted octanol–water partition coefficient (Wildman–Crippen LogP) is 0.596. The third kappa shape index (κ3) is 2.24. The van der Waals surface area contributed by atoms with Gasteiger partial charge in [-0.2, -0.15) is 0 Å². The van der Waals surface area contributed by atoms with E-state index in [1.807, 2.05) is 11.0 Å². The fourth-order valence-corrected chi connectivity index (χ4v) is 2.26. The third-order valence-corrected chi connectivity index (χ3v) is 3.23. The van der Waals surface area contributed by atoms with Crippen LogP contribution in [0.1, 0.15) is 12.0 Å². The second-order valence-corrected chi connectivity index (χ2v) is 4.28. The van der Waals surface area contributed by atoms with Crippen LogP contribution in [0.5, 0.6) is 0 Å². The molecule has 1 unspecified atom stereocenters. The summed E-state index contributed by atoms with van der Waals surface area (Å²) in [6.07, 6.45) is 0.718. The fourth-order valence-electron chi connectivity index (χ4n) is 2.26. The highest BCUT2D eigenvalue weighted by Crippen LogP contribution is 2.28. The number of hydrogen-bond acceptors (Lipinski definition) is 3. The maximum absolute atomic E-state index is 13.6. The fraction of sp³-hybridized carbons (Fsp3) is 0.417. The maximum Gasteiger partial charge on any atom is 0.222 e. The van der Waals surface area contributed by atoms with Gasteiger partial charge >= 0.3 is 0 Å². The Labute approximate surface area is 99.4 Å². The van der Waals surface area contributed by atoms with E-state index in [0.717, 1.165) is 12.1 Å². The Morgan fingerprint density at radius 2 is 2.29 bits per heavy atom. The number of nitrogens with two attached hydrogens (primary N) is 2. The van der Waals surface area contributed by atoms with Crippen molar-refractivity contribution in [3.05, 3.63) is 29.6 Å². The molecule has 5 heteroatoms. The molecule has 1 heterocycles. The molecule has 92 valence electrons. The molecule has 4 nitrogen and oxygen atoms in total. The predicted molar refractivity (Wildman–Crippen MR) is 63.8 cm³/mol. The highest BCUT2D eigenvalue weighted by molar-refractivity contribution is 5.78. The number of anilines is 1. The molecule has 0 bridgehead atoms. The molecule has 1 amide bonds. The summed E-state index contributed by atoms with van der Waals surface area (Å²) in [5, 5.41) is 0. The van der Waals surface area contributed by atoms with Crippen molar-refractivity contribution >= 4 is 11.6 Å². The van der Waals surface area contributed by atoms with Crippen molar-refractivity contribution in [2.75, 3.05) is 18.0 Å². The van der Waals surface area contributed by atoms with Gasteiger partial charge in [0.2, 0.25) is 5.91 Å². The Hall–Kier alpha value is -1.62. The van der Waals surface area contributed by atoms with Gasteiger partial charge in [0, 0.05) is 30.9 Å². The third-order valence-electron chi connectivity index (χ3n) is 3.23. The van der Waals surface area contributed by atoms with Gasteiger partial charge in [0.05, 0.1) is 5.92 Å². The zero-order chi connectivity index (χ0) is 12.4. The number of benzene rings is 1. The number of primary amides is 1. The number of halogens is 1. The van der Waals surface area contributed by atoms with Gasteiger partial charge in [-0.1, -0.05) is 6.07 Å². The molecular formula is C12H16FN3O. The monoisotopic (exact) mass is 237 g/mol. The zero-order valence-electron chi connectivity index (χ0n) is 9.53. The molecule has 1 aromatic carbocycles. The quantitative estimate of drug-likeness (QED) is 0.808. The van der Waals surface area contributed by atoms with E-state index in [4.69, 9.17) is 11.5 Å². The molecular weight excluding hydrogens is 221 g/mol. The molecule has 1 aromatic rings.